The largest absolute Gasteiger partial charge is 0.375 e. The molecule has 1 aliphatic heterocycles. The molecule has 1 spiro atoms. The van der Waals surface area contributed by atoms with E-state index in [-0.39, 0.29) is 5.60 Å². The molecule has 18 heavy (non-hydrogen) atoms. The van der Waals surface area contributed by atoms with Gasteiger partial charge in [-0.3, -0.25) is 0 Å². The molecule has 2 aliphatic rings. The third-order valence-corrected chi connectivity index (χ3v) is 5.48. The van der Waals surface area contributed by atoms with Crippen molar-refractivity contribution < 1.29 is 4.74 Å². The van der Waals surface area contributed by atoms with E-state index in [0.717, 1.165) is 6.61 Å². The molecule has 3 heteroatoms. The fraction of sp³-hybridized carbons (Fsp3) is 0.733. The van der Waals surface area contributed by atoms with Crippen LogP contribution in [0.3, 0.4) is 0 Å². The second-order valence-corrected chi connectivity index (χ2v) is 6.70. The number of nitrogens with one attached hydrogen (secondary N) is 1. The molecule has 2 atom stereocenters. The molecule has 0 aromatic carbocycles. The lowest BCUT2D eigenvalue weighted by Gasteiger charge is -2.47. The molecule has 1 saturated heterocycles. The Hall–Kier alpha value is -0.380. The van der Waals surface area contributed by atoms with Crippen LogP contribution in [0, 0.1) is 0 Å². The zero-order chi connectivity index (χ0) is 12.4. The van der Waals surface area contributed by atoms with E-state index < -0.39 is 0 Å². The normalized spacial score (nSPS) is 27.9. The van der Waals surface area contributed by atoms with Gasteiger partial charge in [-0.2, -0.15) is 0 Å². The molecule has 1 saturated carbocycles. The Morgan fingerprint density at radius 3 is 3.06 bits per heavy atom. The maximum atomic E-state index is 6.00. The summed E-state index contributed by atoms with van der Waals surface area (Å²) in [4.78, 5) is 1.48. The summed E-state index contributed by atoms with van der Waals surface area (Å²) in [5, 5.41) is 6.04. The van der Waals surface area contributed by atoms with Gasteiger partial charge >= 0.3 is 0 Å². The summed E-state index contributed by atoms with van der Waals surface area (Å²) in [6.45, 7) is 3.22. The van der Waals surface area contributed by atoms with Crippen LogP contribution in [0.2, 0.25) is 0 Å². The van der Waals surface area contributed by atoms with E-state index in [1.807, 2.05) is 11.3 Å². The molecular weight excluding hydrogens is 242 g/mol. The minimum absolute atomic E-state index is 0.254. The van der Waals surface area contributed by atoms with Crippen molar-refractivity contribution in [3.8, 4) is 0 Å². The summed E-state index contributed by atoms with van der Waals surface area (Å²) >= 11 is 1.87. The molecule has 2 fully saturated rings. The highest BCUT2D eigenvalue weighted by Crippen LogP contribution is 2.42. The highest BCUT2D eigenvalue weighted by molar-refractivity contribution is 7.10. The standard InChI is InChI=1S/C15H23NOS/c1-2-13(14-5-3-10-18-14)16-12-6-9-17-15(11-12)7-4-8-15/h3,5,10,12-13,16H,2,4,6-9,11H2,1H3. The van der Waals surface area contributed by atoms with Crippen LogP contribution >= 0.6 is 11.3 Å². The zero-order valence-electron chi connectivity index (χ0n) is 11.2. The third-order valence-electron chi connectivity index (χ3n) is 4.49. The Morgan fingerprint density at radius 2 is 2.44 bits per heavy atom. The van der Waals surface area contributed by atoms with Gasteiger partial charge < -0.3 is 10.1 Å². The van der Waals surface area contributed by atoms with Gasteiger partial charge in [0.25, 0.3) is 0 Å². The molecule has 100 valence electrons. The first-order valence-corrected chi connectivity index (χ1v) is 8.13. The van der Waals surface area contributed by atoms with E-state index in [0.29, 0.717) is 12.1 Å². The van der Waals surface area contributed by atoms with Crippen LogP contribution in [-0.4, -0.2) is 18.2 Å². The molecule has 1 N–H and O–H groups in total. The van der Waals surface area contributed by atoms with Crippen molar-refractivity contribution in [3.63, 3.8) is 0 Å². The van der Waals surface area contributed by atoms with Crippen LogP contribution in [0.4, 0.5) is 0 Å². The van der Waals surface area contributed by atoms with Crippen molar-refractivity contribution in [2.45, 2.75) is 63.1 Å². The van der Waals surface area contributed by atoms with Gasteiger partial charge in [0.1, 0.15) is 0 Å². The van der Waals surface area contributed by atoms with Crippen molar-refractivity contribution in [2.75, 3.05) is 6.61 Å². The van der Waals surface area contributed by atoms with Gasteiger partial charge in [-0.25, -0.2) is 0 Å². The molecule has 2 nitrogen and oxygen atoms in total. The molecule has 1 aliphatic carbocycles. The van der Waals surface area contributed by atoms with Gasteiger partial charge in [-0.15, -0.1) is 11.3 Å². The van der Waals surface area contributed by atoms with Crippen molar-refractivity contribution in [1.82, 2.24) is 5.32 Å². The summed E-state index contributed by atoms with van der Waals surface area (Å²) < 4.78 is 6.00. The first-order valence-electron chi connectivity index (χ1n) is 7.25. The fourth-order valence-electron chi connectivity index (χ4n) is 3.26. The minimum Gasteiger partial charge on any atom is -0.375 e. The molecule has 0 radical (unpaired) electrons. The van der Waals surface area contributed by atoms with Gasteiger partial charge in [-0.05, 0) is 50.0 Å². The van der Waals surface area contributed by atoms with Gasteiger partial charge in [0.05, 0.1) is 5.60 Å². The van der Waals surface area contributed by atoms with Crippen molar-refractivity contribution >= 4 is 11.3 Å². The number of hydrogen-bond acceptors (Lipinski definition) is 3. The number of ether oxygens (including phenoxy) is 1. The van der Waals surface area contributed by atoms with E-state index in [1.54, 1.807) is 0 Å². The number of hydrogen-bond donors (Lipinski definition) is 1. The van der Waals surface area contributed by atoms with Crippen LogP contribution in [-0.2, 0) is 4.74 Å². The Labute approximate surface area is 114 Å². The monoisotopic (exact) mass is 265 g/mol. The summed E-state index contributed by atoms with van der Waals surface area (Å²) in [6.07, 6.45) is 7.47. The van der Waals surface area contributed by atoms with E-state index >= 15 is 0 Å². The summed E-state index contributed by atoms with van der Waals surface area (Å²) in [7, 11) is 0. The quantitative estimate of drug-likeness (QED) is 0.891. The second-order valence-electron chi connectivity index (χ2n) is 5.72. The van der Waals surface area contributed by atoms with Crippen LogP contribution in [0.5, 0.6) is 0 Å². The Morgan fingerprint density at radius 1 is 1.56 bits per heavy atom. The maximum Gasteiger partial charge on any atom is 0.0697 e. The summed E-state index contributed by atoms with van der Waals surface area (Å²) in [5.41, 5.74) is 0.254. The molecule has 3 rings (SSSR count). The molecule has 2 heterocycles. The third kappa shape index (κ3) is 2.49. The van der Waals surface area contributed by atoms with E-state index in [1.165, 1.54) is 43.4 Å². The van der Waals surface area contributed by atoms with Crippen molar-refractivity contribution in [2.24, 2.45) is 0 Å². The first kappa shape index (κ1) is 12.6. The predicted molar refractivity (Wildman–Crippen MR) is 76.0 cm³/mol. The van der Waals surface area contributed by atoms with E-state index in [4.69, 9.17) is 4.74 Å². The lowest BCUT2D eigenvalue weighted by molar-refractivity contribution is -0.136. The van der Waals surface area contributed by atoms with Gasteiger partial charge in [0, 0.05) is 23.6 Å². The van der Waals surface area contributed by atoms with Gasteiger partial charge in [-0.1, -0.05) is 13.0 Å². The van der Waals surface area contributed by atoms with Gasteiger partial charge in [0.2, 0.25) is 0 Å². The van der Waals surface area contributed by atoms with Crippen LogP contribution in [0.15, 0.2) is 17.5 Å². The molecule has 2 unspecified atom stereocenters. The van der Waals surface area contributed by atoms with E-state index in [2.05, 4.69) is 29.8 Å². The Bertz CT molecular complexity index is 372. The van der Waals surface area contributed by atoms with Crippen LogP contribution in [0.25, 0.3) is 0 Å². The molecule has 1 aromatic heterocycles. The van der Waals surface area contributed by atoms with Gasteiger partial charge in [0.15, 0.2) is 0 Å². The Balaban J connectivity index is 1.61. The highest BCUT2D eigenvalue weighted by Gasteiger charge is 2.42. The lowest BCUT2D eigenvalue weighted by atomic mass is 9.74. The fourth-order valence-corrected chi connectivity index (χ4v) is 4.14. The molecule has 0 amide bonds. The second kappa shape index (κ2) is 5.32. The average molecular weight is 265 g/mol. The lowest BCUT2D eigenvalue weighted by Crippen LogP contribution is -2.51. The molecule has 0 bridgehead atoms. The van der Waals surface area contributed by atoms with E-state index in [9.17, 15) is 0 Å². The Kier molecular flexibility index (Phi) is 3.73. The minimum atomic E-state index is 0.254. The topological polar surface area (TPSA) is 21.3 Å². The smallest absolute Gasteiger partial charge is 0.0697 e. The number of rotatable bonds is 4. The molecule has 1 aromatic rings. The maximum absolute atomic E-state index is 6.00. The number of thiophene rings is 1. The predicted octanol–water partition coefficient (Wildman–Crippen LogP) is 3.89. The highest BCUT2D eigenvalue weighted by atomic mass is 32.1. The van der Waals surface area contributed by atoms with Crippen molar-refractivity contribution in [1.29, 1.82) is 0 Å². The van der Waals surface area contributed by atoms with Crippen LogP contribution < -0.4 is 5.32 Å². The average Bonchev–Trinajstić information content (AvgIpc) is 2.88. The first-order chi connectivity index (χ1) is 8.81. The zero-order valence-corrected chi connectivity index (χ0v) is 12.0. The molecular formula is C15H23NOS. The van der Waals surface area contributed by atoms with Crippen LogP contribution in [0.1, 0.15) is 56.4 Å². The SMILES string of the molecule is CCC(NC1CCOC2(CCC2)C1)c1cccs1. The summed E-state index contributed by atoms with van der Waals surface area (Å²) in [6, 6.07) is 5.59. The van der Waals surface area contributed by atoms with Crippen molar-refractivity contribution in [3.05, 3.63) is 22.4 Å². The summed E-state index contributed by atoms with van der Waals surface area (Å²) in [5.74, 6) is 0.